The van der Waals surface area contributed by atoms with Gasteiger partial charge in [-0.25, -0.2) is 0 Å². The summed E-state index contributed by atoms with van der Waals surface area (Å²) in [5.74, 6) is 0.139. The lowest BCUT2D eigenvalue weighted by Crippen LogP contribution is -2.41. The molecule has 0 unspecified atom stereocenters. The number of hydrogen-bond donors (Lipinski definition) is 1. The van der Waals surface area contributed by atoms with Crippen LogP contribution in [0.15, 0.2) is 24.3 Å². The monoisotopic (exact) mass is 260 g/mol. The zero-order valence-corrected chi connectivity index (χ0v) is 11.8. The molecule has 1 aromatic rings. The summed E-state index contributed by atoms with van der Waals surface area (Å²) >= 11 is 0. The van der Waals surface area contributed by atoms with Gasteiger partial charge >= 0.3 is 0 Å². The van der Waals surface area contributed by atoms with Crippen molar-refractivity contribution in [2.45, 2.75) is 45.1 Å². The molecule has 0 spiro atoms. The number of carbonyl (C=O) groups excluding carboxylic acids is 1. The normalized spacial score (nSPS) is 15.7. The molecule has 0 bridgehead atoms. The Morgan fingerprint density at radius 3 is 2.42 bits per heavy atom. The molecule has 1 saturated carbocycles. The van der Waals surface area contributed by atoms with Gasteiger partial charge in [-0.3, -0.25) is 4.79 Å². The maximum absolute atomic E-state index is 12.6. The van der Waals surface area contributed by atoms with Gasteiger partial charge in [0.05, 0.1) is 0 Å². The van der Waals surface area contributed by atoms with E-state index in [1.807, 2.05) is 29.2 Å². The molecule has 0 atom stereocenters. The van der Waals surface area contributed by atoms with Crippen LogP contribution in [0.4, 0.5) is 0 Å². The maximum Gasteiger partial charge on any atom is 0.254 e. The molecular weight excluding hydrogens is 236 g/mol. The van der Waals surface area contributed by atoms with E-state index in [-0.39, 0.29) is 5.91 Å². The molecule has 0 aromatic heterocycles. The third kappa shape index (κ3) is 3.35. The largest absolute Gasteiger partial charge is 0.334 e. The number of amides is 1. The van der Waals surface area contributed by atoms with Gasteiger partial charge in [0.25, 0.3) is 5.91 Å². The van der Waals surface area contributed by atoms with Crippen LogP contribution in [0.25, 0.3) is 0 Å². The molecule has 1 amide bonds. The van der Waals surface area contributed by atoms with Gasteiger partial charge in [-0.15, -0.1) is 0 Å². The number of carbonyl (C=O) groups is 1. The quantitative estimate of drug-likeness (QED) is 0.884. The molecule has 2 N–H and O–H groups in total. The lowest BCUT2D eigenvalue weighted by atomic mass is 10.1. The van der Waals surface area contributed by atoms with Crippen molar-refractivity contribution in [1.82, 2.24) is 4.90 Å². The molecule has 0 saturated heterocycles. The lowest BCUT2D eigenvalue weighted by molar-refractivity contribution is 0.0688. The van der Waals surface area contributed by atoms with Crippen LogP contribution in [0.5, 0.6) is 0 Å². The first-order chi connectivity index (χ1) is 9.26. The zero-order valence-electron chi connectivity index (χ0n) is 11.8. The zero-order chi connectivity index (χ0) is 13.7. The second-order valence-corrected chi connectivity index (χ2v) is 5.28. The summed E-state index contributed by atoms with van der Waals surface area (Å²) in [7, 11) is 0. The minimum absolute atomic E-state index is 0.139. The number of hydrogen-bond acceptors (Lipinski definition) is 2. The molecular formula is C16H24N2O. The molecule has 3 heteroatoms. The topological polar surface area (TPSA) is 46.3 Å². The first kappa shape index (κ1) is 14.1. The lowest BCUT2D eigenvalue weighted by Gasteiger charge is -2.28. The number of aryl methyl sites for hydroxylation is 1. The Labute approximate surface area is 115 Å². The molecule has 0 radical (unpaired) electrons. The van der Waals surface area contributed by atoms with Crippen LogP contribution >= 0.6 is 0 Å². The van der Waals surface area contributed by atoms with E-state index in [0.29, 0.717) is 19.1 Å². The van der Waals surface area contributed by atoms with Crippen molar-refractivity contribution >= 4 is 5.91 Å². The molecule has 19 heavy (non-hydrogen) atoms. The van der Waals surface area contributed by atoms with Crippen molar-refractivity contribution in [2.24, 2.45) is 5.73 Å². The van der Waals surface area contributed by atoms with E-state index in [2.05, 4.69) is 6.92 Å². The second-order valence-electron chi connectivity index (χ2n) is 5.28. The van der Waals surface area contributed by atoms with E-state index < -0.39 is 0 Å². The minimum atomic E-state index is 0.139. The summed E-state index contributed by atoms with van der Waals surface area (Å²) in [6.07, 6.45) is 5.71. The van der Waals surface area contributed by atoms with Crippen LogP contribution in [-0.2, 0) is 6.42 Å². The van der Waals surface area contributed by atoms with Gasteiger partial charge in [0.1, 0.15) is 0 Å². The average Bonchev–Trinajstić information content (AvgIpc) is 2.98. The van der Waals surface area contributed by atoms with Gasteiger partial charge < -0.3 is 10.6 Å². The summed E-state index contributed by atoms with van der Waals surface area (Å²) < 4.78 is 0. The first-order valence-corrected chi connectivity index (χ1v) is 7.36. The van der Waals surface area contributed by atoms with Gasteiger partial charge in [-0.1, -0.05) is 31.9 Å². The van der Waals surface area contributed by atoms with Gasteiger partial charge in [0.15, 0.2) is 0 Å². The maximum atomic E-state index is 12.6. The molecule has 104 valence electrons. The molecule has 1 fully saturated rings. The highest BCUT2D eigenvalue weighted by Crippen LogP contribution is 2.24. The van der Waals surface area contributed by atoms with Crippen molar-refractivity contribution in [3.8, 4) is 0 Å². The van der Waals surface area contributed by atoms with E-state index in [0.717, 1.165) is 24.8 Å². The van der Waals surface area contributed by atoms with Crippen molar-refractivity contribution in [1.29, 1.82) is 0 Å². The Bertz CT molecular complexity index is 407. The number of rotatable bonds is 5. The number of nitrogens with zero attached hydrogens (tertiary/aromatic N) is 1. The standard InChI is InChI=1S/C16H24N2O/c1-2-13-7-9-14(10-8-13)16(19)18(12-11-17)15-5-3-4-6-15/h7-10,15H,2-6,11-12,17H2,1H3. The average molecular weight is 260 g/mol. The Balaban J connectivity index is 2.12. The predicted molar refractivity (Wildman–Crippen MR) is 78.2 cm³/mol. The van der Waals surface area contributed by atoms with Crippen LogP contribution < -0.4 is 5.73 Å². The van der Waals surface area contributed by atoms with Gasteiger partial charge in [-0.05, 0) is 37.0 Å². The molecule has 3 nitrogen and oxygen atoms in total. The summed E-state index contributed by atoms with van der Waals surface area (Å²) in [5.41, 5.74) is 7.72. The smallest absolute Gasteiger partial charge is 0.254 e. The second kappa shape index (κ2) is 6.71. The van der Waals surface area contributed by atoms with Crippen molar-refractivity contribution in [2.75, 3.05) is 13.1 Å². The fraction of sp³-hybridized carbons (Fsp3) is 0.562. The summed E-state index contributed by atoms with van der Waals surface area (Å²) in [6, 6.07) is 8.37. The van der Waals surface area contributed by atoms with E-state index in [4.69, 9.17) is 5.73 Å². The molecule has 2 rings (SSSR count). The Kier molecular flexibility index (Phi) is 4.97. The SMILES string of the molecule is CCc1ccc(C(=O)N(CCN)C2CCCC2)cc1. The number of nitrogens with two attached hydrogens (primary N) is 1. The van der Waals surface area contributed by atoms with Crippen LogP contribution in [0, 0.1) is 0 Å². The first-order valence-electron chi connectivity index (χ1n) is 7.36. The van der Waals surface area contributed by atoms with Crippen LogP contribution in [0.3, 0.4) is 0 Å². The van der Waals surface area contributed by atoms with E-state index in [1.165, 1.54) is 18.4 Å². The van der Waals surface area contributed by atoms with E-state index in [1.54, 1.807) is 0 Å². The van der Waals surface area contributed by atoms with Gasteiger partial charge in [0.2, 0.25) is 0 Å². The fourth-order valence-corrected chi connectivity index (χ4v) is 2.85. The summed E-state index contributed by atoms with van der Waals surface area (Å²) in [5, 5.41) is 0. The minimum Gasteiger partial charge on any atom is -0.334 e. The number of benzene rings is 1. The predicted octanol–water partition coefficient (Wildman–Crippen LogP) is 2.59. The van der Waals surface area contributed by atoms with Crippen LogP contribution in [-0.4, -0.2) is 29.9 Å². The molecule has 1 aromatic carbocycles. The highest BCUT2D eigenvalue weighted by Gasteiger charge is 2.26. The Morgan fingerprint density at radius 2 is 1.89 bits per heavy atom. The molecule has 1 aliphatic carbocycles. The summed E-state index contributed by atoms with van der Waals surface area (Å²) in [4.78, 5) is 14.6. The van der Waals surface area contributed by atoms with E-state index in [9.17, 15) is 4.79 Å². The highest BCUT2D eigenvalue weighted by molar-refractivity contribution is 5.94. The van der Waals surface area contributed by atoms with Crippen molar-refractivity contribution < 1.29 is 4.79 Å². The molecule has 0 heterocycles. The van der Waals surface area contributed by atoms with Crippen LogP contribution in [0.1, 0.15) is 48.5 Å². The van der Waals surface area contributed by atoms with Crippen molar-refractivity contribution in [3.63, 3.8) is 0 Å². The summed E-state index contributed by atoms with van der Waals surface area (Å²) in [6.45, 7) is 3.32. The van der Waals surface area contributed by atoms with Crippen molar-refractivity contribution in [3.05, 3.63) is 35.4 Å². The highest BCUT2D eigenvalue weighted by atomic mass is 16.2. The van der Waals surface area contributed by atoms with E-state index >= 15 is 0 Å². The van der Waals surface area contributed by atoms with Gasteiger partial charge in [-0.2, -0.15) is 0 Å². The molecule has 1 aliphatic rings. The Morgan fingerprint density at radius 1 is 1.26 bits per heavy atom. The third-order valence-corrected chi connectivity index (χ3v) is 4.01. The van der Waals surface area contributed by atoms with Gasteiger partial charge in [0, 0.05) is 24.7 Å². The Hall–Kier alpha value is -1.35. The van der Waals surface area contributed by atoms with Crippen LogP contribution in [0.2, 0.25) is 0 Å². The molecule has 0 aliphatic heterocycles. The fourth-order valence-electron chi connectivity index (χ4n) is 2.85. The third-order valence-electron chi connectivity index (χ3n) is 4.01.